The zero-order valence-electron chi connectivity index (χ0n) is 11.8. The third-order valence-electron chi connectivity index (χ3n) is 4.99. The van der Waals surface area contributed by atoms with Crippen molar-refractivity contribution in [2.45, 2.75) is 39.5 Å². The van der Waals surface area contributed by atoms with Crippen molar-refractivity contribution in [3.05, 3.63) is 69.8 Å². The van der Waals surface area contributed by atoms with Crippen molar-refractivity contribution in [3.63, 3.8) is 0 Å². The van der Waals surface area contributed by atoms with E-state index in [1.807, 2.05) is 0 Å². The quantitative estimate of drug-likeness (QED) is 0.656. The highest BCUT2D eigenvalue weighted by Crippen LogP contribution is 2.47. The molecule has 0 aliphatic heterocycles. The summed E-state index contributed by atoms with van der Waals surface area (Å²) in [6.45, 7) is 4.41. The van der Waals surface area contributed by atoms with Crippen LogP contribution >= 0.6 is 0 Å². The minimum atomic E-state index is 0.492. The fraction of sp³-hybridized carbons (Fsp3) is 0.368. The highest BCUT2D eigenvalue weighted by Gasteiger charge is 2.41. The molecule has 96 valence electrons. The van der Waals surface area contributed by atoms with E-state index in [1.165, 1.54) is 36.8 Å². The molecule has 0 heterocycles. The maximum atomic E-state index is 2.40. The van der Waals surface area contributed by atoms with Gasteiger partial charge in [0.05, 0.1) is 0 Å². The van der Waals surface area contributed by atoms with Gasteiger partial charge in [-0.2, -0.15) is 0 Å². The normalized spacial score (nSPS) is 18.6. The largest absolute Gasteiger partial charge is 0.0590 e. The Balaban J connectivity index is 1.70. The van der Waals surface area contributed by atoms with E-state index in [-0.39, 0.29) is 0 Å². The van der Waals surface area contributed by atoms with Gasteiger partial charge in [0.25, 0.3) is 0 Å². The molecule has 19 heavy (non-hydrogen) atoms. The summed E-state index contributed by atoms with van der Waals surface area (Å²) in [5, 5.41) is 0. The summed E-state index contributed by atoms with van der Waals surface area (Å²) in [6.07, 6.45) is 5.10. The van der Waals surface area contributed by atoms with Gasteiger partial charge in [0.2, 0.25) is 0 Å². The van der Waals surface area contributed by atoms with Crippen LogP contribution in [0.5, 0.6) is 0 Å². The van der Waals surface area contributed by atoms with E-state index in [4.69, 9.17) is 0 Å². The van der Waals surface area contributed by atoms with Crippen LogP contribution in [-0.2, 0) is 25.7 Å². The zero-order valence-corrected chi connectivity index (χ0v) is 11.8. The summed E-state index contributed by atoms with van der Waals surface area (Å²) in [7, 11) is 0. The van der Waals surface area contributed by atoms with E-state index in [2.05, 4.69) is 50.2 Å². The highest BCUT2D eigenvalue weighted by molar-refractivity contribution is 5.44. The molecule has 0 heteroatoms. The Bertz CT molecular complexity index is 604. The Hall–Kier alpha value is -1.56. The Morgan fingerprint density at radius 3 is 1.53 bits per heavy atom. The summed E-state index contributed by atoms with van der Waals surface area (Å²) in [5.41, 5.74) is 9.69. The summed E-state index contributed by atoms with van der Waals surface area (Å²) < 4.78 is 0. The Morgan fingerprint density at radius 2 is 1.05 bits per heavy atom. The first-order valence-electron chi connectivity index (χ1n) is 7.30. The average Bonchev–Trinajstić information content (AvgIpc) is 2.87. The lowest BCUT2D eigenvalue weighted by Gasteiger charge is -2.21. The molecule has 4 rings (SSSR count). The van der Waals surface area contributed by atoms with Crippen LogP contribution < -0.4 is 0 Å². The molecule has 0 nitrogen and oxygen atoms in total. The number of fused-ring (bicyclic) bond motifs is 2. The van der Waals surface area contributed by atoms with Crippen LogP contribution in [0.15, 0.2) is 36.4 Å². The number of rotatable bonds is 0. The smallest absolute Gasteiger partial charge is 0.0136 e. The summed E-state index contributed by atoms with van der Waals surface area (Å²) in [4.78, 5) is 0. The van der Waals surface area contributed by atoms with Gasteiger partial charge in [0.15, 0.2) is 0 Å². The fourth-order valence-electron chi connectivity index (χ4n) is 4.17. The van der Waals surface area contributed by atoms with E-state index in [0.29, 0.717) is 5.41 Å². The van der Waals surface area contributed by atoms with Gasteiger partial charge in [0.1, 0.15) is 0 Å². The van der Waals surface area contributed by atoms with E-state index in [0.717, 1.165) is 0 Å². The zero-order chi connectivity index (χ0) is 13.0. The molecule has 0 atom stereocenters. The third kappa shape index (κ3) is 1.74. The fourth-order valence-corrected chi connectivity index (χ4v) is 4.17. The lowest BCUT2D eigenvalue weighted by molar-refractivity contribution is 0.326. The first kappa shape index (κ1) is 11.3. The van der Waals surface area contributed by atoms with Crippen molar-refractivity contribution in [2.24, 2.45) is 5.41 Å². The highest BCUT2D eigenvalue weighted by atomic mass is 14.5. The third-order valence-corrected chi connectivity index (χ3v) is 4.99. The summed E-state index contributed by atoms with van der Waals surface area (Å²) in [5.74, 6) is 0. The Kier molecular flexibility index (Phi) is 2.21. The van der Waals surface area contributed by atoms with Crippen molar-refractivity contribution in [1.82, 2.24) is 0 Å². The molecule has 0 saturated carbocycles. The second-order valence-corrected chi connectivity index (χ2v) is 6.75. The standard InChI is InChI=1S/C19H20/c1-13-3-5-15-9-19(11-17(15)7-13)10-16-6-4-14(2)8-18(16)12-19/h3-8H,9-12H2,1-2H3. The second-order valence-electron chi connectivity index (χ2n) is 6.75. The first-order chi connectivity index (χ1) is 9.13. The van der Waals surface area contributed by atoms with Crippen molar-refractivity contribution in [3.8, 4) is 0 Å². The SMILES string of the molecule is Cc1ccc2c(c1)CC1(C2)Cc2ccc(C)cc2C1. The maximum Gasteiger partial charge on any atom is -0.0136 e. The molecule has 0 saturated heterocycles. The molecule has 2 aliphatic rings. The van der Waals surface area contributed by atoms with Gasteiger partial charge in [0, 0.05) is 0 Å². The number of benzene rings is 2. The van der Waals surface area contributed by atoms with E-state index in [1.54, 1.807) is 22.3 Å². The van der Waals surface area contributed by atoms with Gasteiger partial charge >= 0.3 is 0 Å². The van der Waals surface area contributed by atoms with Crippen LogP contribution in [0.25, 0.3) is 0 Å². The molecule has 0 radical (unpaired) electrons. The van der Waals surface area contributed by atoms with Gasteiger partial charge in [-0.15, -0.1) is 0 Å². The molecule has 0 unspecified atom stereocenters. The second kappa shape index (κ2) is 3.72. The van der Waals surface area contributed by atoms with Crippen LogP contribution in [0.2, 0.25) is 0 Å². The molecular weight excluding hydrogens is 228 g/mol. The van der Waals surface area contributed by atoms with E-state index >= 15 is 0 Å². The monoisotopic (exact) mass is 248 g/mol. The van der Waals surface area contributed by atoms with Crippen LogP contribution in [0.4, 0.5) is 0 Å². The minimum absolute atomic E-state index is 0.492. The van der Waals surface area contributed by atoms with Crippen LogP contribution in [0, 0.1) is 19.3 Å². The van der Waals surface area contributed by atoms with E-state index < -0.39 is 0 Å². The average molecular weight is 248 g/mol. The van der Waals surface area contributed by atoms with Crippen molar-refractivity contribution in [2.75, 3.05) is 0 Å². The number of hydrogen-bond acceptors (Lipinski definition) is 0. The van der Waals surface area contributed by atoms with Gasteiger partial charge in [-0.25, -0.2) is 0 Å². The van der Waals surface area contributed by atoms with Gasteiger partial charge in [-0.1, -0.05) is 47.5 Å². The Morgan fingerprint density at radius 1 is 0.632 bits per heavy atom. The molecule has 0 fully saturated rings. The molecule has 0 aromatic heterocycles. The molecule has 2 aromatic rings. The lowest BCUT2D eigenvalue weighted by atomic mass is 9.82. The summed E-state index contributed by atoms with van der Waals surface area (Å²) >= 11 is 0. The minimum Gasteiger partial charge on any atom is -0.0590 e. The maximum absolute atomic E-state index is 2.40. The molecule has 1 spiro atoms. The Labute approximate surface area is 115 Å². The molecule has 2 aromatic carbocycles. The van der Waals surface area contributed by atoms with Crippen molar-refractivity contribution in [1.29, 1.82) is 0 Å². The predicted molar refractivity (Wildman–Crippen MR) is 79.6 cm³/mol. The molecule has 2 aliphatic carbocycles. The van der Waals surface area contributed by atoms with Gasteiger partial charge in [-0.3, -0.25) is 0 Å². The van der Waals surface area contributed by atoms with Gasteiger partial charge in [-0.05, 0) is 67.2 Å². The molecular formula is C19H20. The molecule has 0 bridgehead atoms. The van der Waals surface area contributed by atoms with Crippen molar-refractivity contribution < 1.29 is 0 Å². The number of hydrogen-bond donors (Lipinski definition) is 0. The van der Waals surface area contributed by atoms with Gasteiger partial charge < -0.3 is 0 Å². The molecule has 0 amide bonds. The van der Waals surface area contributed by atoms with Crippen LogP contribution in [0.3, 0.4) is 0 Å². The summed E-state index contributed by atoms with van der Waals surface area (Å²) in [6, 6.07) is 14.0. The predicted octanol–water partition coefficient (Wildman–Crippen LogP) is 4.19. The van der Waals surface area contributed by atoms with E-state index in [9.17, 15) is 0 Å². The van der Waals surface area contributed by atoms with Crippen molar-refractivity contribution >= 4 is 0 Å². The van der Waals surface area contributed by atoms with Crippen LogP contribution in [-0.4, -0.2) is 0 Å². The topological polar surface area (TPSA) is 0 Å². The molecule has 0 N–H and O–H groups in total. The lowest BCUT2D eigenvalue weighted by Crippen LogP contribution is -2.21. The number of aryl methyl sites for hydroxylation is 2. The van der Waals surface area contributed by atoms with Crippen LogP contribution in [0.1, 0.15) is 33.4 Å². The first-order valence-corrected chi connectivity index (χ1v) is 7.30.